The van der Waals surface area contributed by atoms with Gasteiger partial charge in [-0.15, -0.1) is 0 Å². The van der Waals surface area contributed by atoms with E-state index in [0.717, 1.165) is 42.0 Å². The zero-order chi connectivity index (χ0) is 19.6. The van der Waals surface area contributed by atoms with Crippen LogP contribution in [0.15, 0.2) is 18.2 Å². The van der Waals surface area contributed by atoms with E-state index in [1.807, 2.05) is 20.2 Å². The molecule has 0 saturated heterocycles. The number of ether oxygens (including phenoxy) is 1. The molecular weight excluding hydrogens is 336 g/mol. The number of hydrogen-bond acceptors (Lipinski definition) is 4. The first kappa shape index (κ1) is 19.8. The van der Waals surface area contributed by atoms with Crippen molar-refractivity contribution in [3.63, 3.8) is 0 Å². The summed E-state index contributed by atoms with van der Waals surface area (Å²) >= 11 is 0. The van der Waals surface area contributed by atoms with Crippen molar-refractivity contribution in [2.75, 3.05) is 26.1 Å². The van der Waals surface area contributed by atoms with Crippen molar-refractivity contribution in [1.29, 1.82) is 0 Å². The van der Waals surface area contributed by atoms with Crippen molar-refractivity contribution in [1.82, 2.24) is 5.32 Å². The van der Waals surface area contributed by atoms with E-state index in [9.17, 15) is 4.79 Å². The molecule has 4 heteroatoms. The summed E-state index contributed by atoms with van der Waals surface area (Å²) in [6.07, 6.45) is 9.73. The molecule has 1 aromatic rings. The van der Waals surface area contributed by atoms with Crippen molar-refractivity contribution < 1.29 is 9.53 Å². The van der Waals surface area contributed by atoms with Crippen molar-refractivity contribution in [3.8, 4) is 5.75 Å². The van der Waals surface area contributed by atoms with Gasteiger partial charge in [0, 0.05) is 42.9 Å². The third-order valence-corrected chi connectivity index (χ3v) is 5.83. The Bertz CT molecular complexity index is 726. The van der Waals surface area contributed by atoms with E-state index < -0.39 is 0 Å². The highest BCUT2D eigenvalue weighted by Gasteiger charge is 2.30. The van der Waals surface area contributed by atoms with Crippen LogP contribution in [0.4, 0.5) is 5.69 Å². The summed E-state index contributed by atoms with van der Waals surface area (Å²) in [4.78, 5) is 15.1. The summed E-state index contributed by atoms with van der Waals surface area (Å²) in [5.41, 5.74) is 4.27. The molecule has 4 nitrogen and oxygen atoms in total. The Kier molecular flexibility index (Phi) is 5.83. The number of anilines is 1. The van der Waals surface area contributed by atoms with E-state index >= 15 is 0 Å². The Morgan fingerprint density at radius 1 is 1.19 bits per heavy atom. The molecule has 1 heterocycles. The van der Waals surface area contributed by atoms with Gasteiger partial charge in [-0.25, -0.2) is 0 Å². The second-order valence-electron chi connectivity index (χ2n) is 8.91. The van der Waals surface area contributed by atoms with Gasteiger partial charge >= 0.3 is 0 Å². The van der Waals surface area contributed by atoms with Crippen LogP contribution >= 0.6 is 0 Å². The van der Waals surface area contributed by atoms with Gasteiger partial charge in [0.05, 0.1) is 12.8 Å². The maximum atomic E-state index is 13.0. The highest BCUT2D eigenvalue weighted by atomic mass is 16.5. The highest BCUT2D eigenvalue weighted by Crippen LogP contribution is 2.38. The fourth-order valence-corrected chi connectivity index (χ4v) is 4.41. The van der Waals surface area contributed by atoms with Gasteiger partial charge < -0.3 is 15.0 Å². The van der Waals surface area contributed by atoms with E-state index in [0.29, 0.717) is 0 Å². The normalized spacial score (nSPS) is 21.1. The summed E-state index contributed by atoms with van der Waals surface area (Å²) in [5, 5.41) is 3.62. The Balaban J connectivity index is 2.00. The summed E-state index contributed by atoms with van der Waals surface area (Å²) in [6, 6.07) is 4.29. The van der Waals surface area contributed by atoms with E-state index in [-0.39, 0.29) is 17.2 Å². The fraction of sp³-hybridized carbons (Fsp3) is 0.609. The van der Waals surface area contributed by atoms with Crippen LogP contribution in [0.25, 0.3) is 5.70 Å². The van der Waals surface area contributed by atoms with Gasteiger partial charge in [-0.05, 0) is 50.8 Å². The van der Waals surface area contributed by atoms with Crippen LogP contribution in [0.1, 0.15) is 63.5 Å². The molecule has 3 rings (SSSR count). The molecule has 0 spiro atoms. The van der Waals surface area contributed by atoms with Crippen molar-refractivity contribution in [2.45, 2.75) is 64.3 Å². The Morgan fingerprint density at radius 2 is 1.85 bits per heavy atom. The number of fused-ring (bicyclic) bond motifs is 1. The number of benzene rings is 1. The molecule has 0 bridgehead atoms. The molecule has 0 amide bonds. The number of carbonyl (C=O) groups excluding carboxylic acids is 1. The van der Waals surface area contributed by atoms with E-state index in [4.69, 9.17) is 4.74 Å². The minimum atomic E-state index is -0.0901. The van der Waals surface area contributed by atoms with E-state index in [2.05, 4.69) is 36.2 Å². The minimum Gasteiger partial charge on any atom is -0.495 e. The standard InChI is InChI=1S/C23H34N2O2/c1-23(2)15-17-12-22(27-5)20(25(3)4)13-18(17)19(24-23)14-21(26)16-10-8-6-7-9-11-16/h12-14,16,24H,6-11,15H2,1-5H3. The monoisotopic (exact) mass is 370 g/mol. The molecule has 1 aromatic carbocycles. The highest BCUT2D eigenvalue weighted by molar-refractivity contribution is 5.99. The number of allylic oxidation sites excluding steroid dienone is 1. The average Bonchev–Trinajstić information content (AvgIpc) is 2.89. The SMILES string of the molecule is COc1cc2c(cc1N(C)C)C(=CC(=O)C1CCCCCC1)NC(C)(C)C2. The van der Waals surface area contributed by atoms with Gasteiger partial charge in [0.15, 0.2) is 5.78 Å². The lowest BCUT2D eigenvalue weighted by atomic mass is 9.84. The topological polar surface area (TPSA) is 41.6 Å². The second kappa shape index (κ2) is 7.95. The fourth-order valence-electron chi connectivity index (χ4n) is 4.41. The largest absolute Gasteiger partial charge is 0.495 e. The van der Waals surface area contributed by atoms with Crippen molar-refractivity contribution in [2.24, 2.45) is 5.92 Å². The molecule has 0 radical (unpaired) electrons. The van der Waals surface area contributed by atoms with Gasteiger partial charge in [-0.1, -0.05) is 25.7 Å². The Morgan fingerprint density at radius 3 is 2.44 bits per heavy atom. The maximum absolute atomic E-state index is 13.0. The maximum Gasteiger partial charge on any atom is 0.160 e. The molecular formula is C23H34N2O2. The molecule has 1 aliphatic heterocycles. The van der Waals surface area contributed by atoms with E-state index in [1.54, 1.807) is 7.11 Å². The lowest BCUT2D eigenvalue weighted by Crippen LogP contribution is -2.44. The summed E-state index contributed by atoms with van der Waals surface area (Å²) in [6.45, 7) is 4.37. The minimum absolute atomic E-state index is 0.0901. The van der Waals surface area contributed by atoms with Crippen LogP contribution in [0.2, 0.25) is 0 Å². The zero-order valence-corrected chi connectivity index (χ0v) is 17.5. The zero-order valence-electron chi connectivity index (χ0n) is 17.5. The van der Waals surface area contributed by atoms with Crippen molar-refractivity contribution in [3.05, 3.63) is 29.3 Å². The molecule has 2 aliphatic rings. The molecule has 0 atom stereocenters. The number of ketones is 1. The van der Waals surface area contributed by atoms with Gasteiger partial charge in [0.25, 0.3) is 0 Å². The second-order valence-corrected chi connectivity index (χ2v) is 8.91. The summed E-state index contributed by atoms with van der Waals surface area (Å²) in [5.74, 6) is 1.35. The van der Waals surface area contributed by atoms with Gasteiger partial charge in [0.2, 0.25) is 0 Å². The lowest BCUT2D eigenvalue weighted by molar-refractivity contribution is -0.118. The first-order chi connectivity index (χ1) is 12.8. The van der Waals surface area contributed by atoms with Gasteiger partial charge in [-0.2, -0.15) is 0 Å². The van der Waals surface area contributed by atoms with Crippen LogP contribution in [0.5, 0.6) is 5.75 Å². The Labute approximate surface area is 164 Å². The van der Waals surface area contributed by atoms with Crippen LogP contribution in [-0.4, -0.2) is 32.5 Å². The molecule has 27 heavy (non-hydrogen) atoms. The van der Waals surface area contributed by atoms with Crippen LogP contribution in [0.3, 0.4) is 0 Å². The smallest absolute Gasteiger partial charge is 0.160 e. The molecule has 1 saturated carbocycles. The Hall–Kier alpha value is -1.97. The molecule has 148 valence electrons. The molecule has 1 N–H and O–H groups in total. The number of nitrogens with zero attached hydrogens (tertiary/aromatic N) is 1. The average molecular weight is 371 g/mol. The molecule has 0 unspecified atom stereocenters. The van der Waals surface area contributed by atoms with Crippen LogP contribution in [0, 0.1) is 5.92 Å². The summed E-state index contributed by atoms with van der Waals surface area (Å²) in [7, 11) is 5.75. The predicted molar refractivity (Wildman–Crippen MR) is 112 cm³/mol. The number of rotatable bonds is 4. The quantitative estimate of drug-likeness (QED) is 0.623. The number of carbonyl (C=O) groups is 1. The first-order valence-electron chi connectivity index (χ1n) is 10.2. The third kappa shape index (κ3) is 4.48. The number of hydrogen-bond donors (Lipinski definition) is 1. The predicted octanol–water partition coefficient (Wildman–Crippen LogP) is 4.57. The van der Waals surface area contributed by atoms with Gasteiger partial charge in [-0.3, -0.25) is 4.79 Å². The van der Waals surface area contributed by atoms with Gasteiger partial charge in [0.1, 0.15) is 5.75 Å². The lowest BCUT2D eigenvalue weighted by Gasteiger charge is -2.36. The summed E-state index contributed by atoms with van der Waals surface area (Å²) < 4.78 is 5.62. The van der Waals surface area contributed by atoms with Crippen LogP contribution in [-0.2, 0) is 11.2 Å². The molecule has 1 fully saturated rings. The first-order valence-corrected chi connectivity index (χ1v) is 10.2. The molecule has 1 aliphatic carbocycles. The van der Waals surface area contributed by atoms with Crippen molar-refractivity contribution >= 4 is 17.2 Å². The third-order valence-electron chi connectivity index (χ3n) is 5.83. The number of nitrogens with one attached hydrogen (secondary N) is 1. The van der Waals surface area contributed by atoms with Crippen LogP contribution < -0.4 is 15.0 Å². The van der Waals surface area contributed by atoms with E-state index in [1.165, 1.54) is 31.2 Å². The number of methoxy groups -OCH3 is 1. The molecule has 0 aromatic heterocycles.